The summed E-state index contributed by atoms with van der Waals surface area (Å²) in [7, 11) is 0. The number of pyridine rings is 6. The van der Waals surface area contributed by atoms with E-state index >= 15 is 0 Å². The highest BCUT2D eigenvalue weighted by atomic mass is 14.8. The van der Waals surface area contributed by atoms with Crippen LogP contribution in [0.4, 0.5) is 0 Å². The lowest BCUT2D eigenvalue weighted by Gasteiger charge is -2.23. The molecule has 0 aliphatic carbocycles. The van der Waals surface area contributed by atoms with Crippen LogP contribution < -0.4 is 0 Å². The second-order valence-corrected chi connectivity index (χ2v) is 23.1. The van der Waals surface area contributed by atoms with E-state index in [1.54, 1.807) is 0 Å². The first-order chi connectivity index (χ1) is 56.9. The molecule has 7 aromatic carbocycles. The van der Waals surface area contributed by atoms with Gasteiger partial charge in [-0.2, -0.15) is 0 Å². The Morgan fingerprint density at radius 2 is 0.436 bits per heavy atom. The zero-order valence-corrected chi connectivity index (χ0v) is 81.8. The predicted molar refractivity (Wildman–Crippen MR) is 533 cm³/mol. The molecular formula is C107H162N10. The zero-order valence-electron chi connectivity index (χ0n) is 81.8. The van der Waals surface area contributed by atoms with Crippen LogP contribution in [0, 0.1) is 69.2 Å². The first kappa shape index (κ1) is 118. The van der Waals surface area contributed by atoms with Crippen LogP contribution in [0.25, 0.3) is 87.7 Å². The third kappa shape index (κ3) is 41.9. The van der Waals surface area contributed by atoms with Crippen LogP contribution >= 0.6 is 0 Å². The third-order valence-electron chi connectivity index (χ3n) is 14.8. The van der Waals surface area contributed by atoms with Crippen molar-refractivity contribution in [3.63, 3.8) is 0 Å². The van der Waals surface area contributed by atoms with Crippen molar-refractivity contribution in [2.75, 3.05) is 0 Å². The molecule has 0 bridgehead atoms. The first-order valence-electron chi connectivity index (χ1n) is 44.3. The fourth-order valence-electron chi connectivity index (χ4n) is 10.1. The lowest BCUT2D eigenvalue weighted by molar-refractivity contribution is 0.595. The summed E-state index contributed by atoms with van der Waals surface area (Å²) in [5.41, 5.74) is 25.9. The molecule has 0 radical (unpaired) electrons. The zero-order chi connectivity index (χ0) is 91.2. The quantitative estimate of drug-likeness (QED) is 0.122. The minimum Gasteiger partial charge on any atom is -0.260 e. The maximum absolute atomic E-state index is 4.64. The van der Waals surface area contributed by atoms with Crippen LogP contribution in [0.1, 0.15) is 289 Å². The number of hydrogen-bond donors (Lipinski definition) is 0. The average molecular weight is 1590 g/mol. The van der Waals surface area contributed by atoms with Crippen molar-refractivity contribution >= 4 is 87.7 Å². The molecule has 0 N–H and O–H groups in total. The Labute approximate surface area is 715 Å². The normalized spacial score (nSPS) is 8.94. The minimum atomic E-state index is -0.136. The lowest BCUT2D eigenvalue weighted by Crippen LogP contribution is -2.21. The van der Waals surface area contributed by atoms with Crippen LogP contribution in [0.3, 0.4) is 0 Å². The van der Waals surface area contributed by atoms with Crippen molar-refractivity contribution < 1.29 is 0 Å². The highest BCUT2D eigenvalue weighted by Gasteiger charge is 2.25. The summed E-state index contributed by atoms with van der Waals surface area (Å²) in [5.74, 6) is 0. The molecule has 0 unspecified atom stereocenters. The number of aromatic nitrogens is 10. The molecule has 0 spiro atoms. The smallest absolute Gasteiger partial charge is 0.0964 e. The second-order valence-electron chi connectivity index (χ2n) is 23.1. The fraction of sp³-hybridized carbons (Fsp3) is 0.402. The van der Waals surface area contributed by atoms with Gasteiger partial charge < -0.3 is 0 Å². The Hall–Kier alpha value is -10.3. The molecule has 15 rings (SSSR count). The topological polar surface area (TPSA) is 129 Å². The minimum absolute atomic E-state index is 0.136. The summed E-state index contributed by atoms with van der Waals surface area (Å²) >= 11 is 0. The van der Waals surface area contributed by atoms with E-state index < -0.39 is 0 Å². The SMILES string of the molecule is CC.CC.CC.CC.CC.CC.CC.CC.CC.CC.CC.CC.CC.CC.CC.CC(C)(c1ccccn1)c1ccccn1.Cc1ccc2ccc(C)nc2c1.Cc1ccc2nc3cc(C)ccc3nc2c1.Cc1ccc2nc3ccc(C)cc3nc2c1.Cc1cnc2c(ccc3cc(C)cnc32)c1.Cc1cnc2cc(C)ccc2c1. The molecule has 0 aliphatic rings. The molecule has 0 amide bonds. The van der Waals surface area contributed by atoms with Crippen LogP contribution in [0.5, 0.6) is 0 Å². The Bertz CT molecular complexity index is 4600. The predicted octanol–water partition coefficient (Wildman–Crippen LogP) is 34.1. The monoisotopic (exact) mass is 1590 g/mol. The average Bonchev–Trinajstić information content (AvgIpc) is 0.819. The molecule has 0 saturated heterocycles. The van der Waals surface area contributed by atoms with Crippen molar-refractivity contribution in [2.24, 2.45) is 0 Å². The van der Waals surface area contributed by atoms with Gasteiger partial charge in [-0.1, -0.05) is 287 Å². The van der Waals surface area contributed by atoms with Gasteiger partial charge in [-0.3, -0.25) is 29.9 Å². The Morgan fingerprint density at radius 1 is 0.188 bits per heavy atom. The van der Waals surface area contributed by atoms with E-state index in [9.17, 15) is 0 Å². The molecule has 10 nitrogen and oxygen atoms in total. The summed E-state index contributed by atoms with van der Waals surface area (Å²) in [6.07, 6.45) is 9.33. The molecule has 0 fully saturated rings. The van der Waals surface area contributed by atoms with Crippen molar-refractivity contribution in [2.45, 2.75) is 296 Å². The van der Waals surface area contributed by atoms with E-state index in [4.69, 9.17) is 0 Å². The van der Waals surface area contributed by atoms with Gasteiger partial charge in [0.15, 0.2) is 0 Å². The highest BCUT2D eigenvalue weighted by molar-refractivity contribution is 6.03. The van der Waals surface area contributed by atoms with Crippen LogP contribution in [0.15, 0.2) is 219 Å². The molecule has 8 aromatic heterocycles. The van der Waals surface area contributed by atoms with Gasteiger partial charge >= 0.3 is 0 Å². The maximum Gasteiger partial charge on any atom is 0.0964 e. The Balaban J connectivity index is -0.000000297. The number of rotatable bonds is 2. The van der Waals surface area contributed by atoms with Gasteiger partial charge in [0.05, 0.1) is 77.6 Å². The van der Waals surface area contributed by atoms with Crippen LogP contribution in [-0.2, 0) is 5.41 Å². The molecule has 0 atom stereocenters. The molecule has 8 heterocycles. The van der Waals surface area contributed by atoms with Gasteiger partial charge in [-0.25, -0.2) is 19.9 Å². The summed E-state index contributed by atoms with van der Waals surface area (Å²) in [5, 5.41) is 4.75. The van der Waals surface area contributed by atoms with Gasteiger partial charge in [0.1, 0.15) is 0 Å². The van der Waals surface area contributed by atoms with Crippen LogP contribution in [0.2, 0.25) is 0 Å². The van der Waals surface area contributed by atoms with Gasteiger partial charge in [0, 0.05) is 63.6 Å². The summed E-state index contributed by atoms with van der Waals surface area (Å²) in [4.78, 5) is 45.0. The van der Waals surface area contributed by atoms with E-state index in [0.717, 1.165) is 94.1 Å². The molecule has 10 heteroatoms. The molecule has 0 saturated carbocycles. The molecule has 15 aromatic rings. The van der Waals surface area contributed by atoms with E-state index in [2.05, 4.69) is 247 Å². The maximum atomic E-state index is 4.64. The summed E-state index contributed by atoms with van der Waals surface area (Å²) < 4.78 is 0. The van der Waals surface area contributed by atoms with Gasteiger partial charge in [-0.15, -0.1) is 0 Å². The standard InChI is InChI=1S/3C14H12N2.C13H14N2.2C11H11N.15C2H6/c1-9-3-5-11-13(7-9)15-12-6-4-10(2)8-14(12)16-11;1-9-3-5-11-13(7-9)16-14-8-10(2)4-6-12(14)15-11;1-9-5-11-3-4-12-6-10(2)8-16-14(12)13(11)15-7-9;1-13(2,11-7-3-5-9-14-11)12-8-4-6-10-15-12;1-8-3-5-10-6-4-9(2)12-11(10)7-8;1-8-3-4-10-5-9(2)7-12-11(10)6-8;15*1-2/h3*3-8H,1-2H3;3-10H,1-2H3;2*3-7H,1-2H3;15*1-2H3. The highest BCUT2D eigenvalue weighted by Crippen LogP contribution is 2.28. The number of fused-ring (bicyclic) bond motifs is 9. The Morgan fingerprint density at radius 3 is 0.752 bits per heavy atom. The second kappa shape index (κ2) is 73.3. The van der Waals surface area contributed by atoms with E-state index in [1.165, 1.54) is 60.8 Å². The lowest BCUT2D eigenvalue weighted by atomic mass is 9.85. The summed E-state index contributed by atoms with van der Waals surface area (Å²) in [6, 6.07) is 64.1. The van der Waals surface area contributed by atoms with E-state index in [1.807, 2.05) is 312 Å². The molecular weight excluding hydrogens is 1430 g/mol. The Kier molecular flexibility index (Phi) is 73.7. The molecule has 117 heavy (non-hydrogen) atoms. The van der Waals surface area contributed by atoms with Crippen molar-refractivity contribution in [3.05, 3.63) is 286 Å². The van der Waals surface area contributed by atoms with Crippen molar-refractivity contribution in [1.82, 2.24) is 49.8 Å². The van der Waals surface area contributed by atoms with Crippen molar-refractivity contribution in [1.29, 1.82) is 0 Å². The van der Waals surface area contributed by atoms with Gasteiger partial charge in [0.2, 0.25) is 0 Å². The third-order valence-corrected chi connectivity index (χ3v) is 14.8. The first-order valence-corrected chi connectivity index (χ1v) is 44.3. The van der Waals surface area contributed by atoms with Gasteiger partial charge in [-0.05, 0) is 242 Å². The van der Waals surface area contributed by atoms with E-state index in [-0.39, 0.29) is 5.41 Å². The largest absolute Gasteiger partial charge is 0.260 e. The van der Waals surface area contributed by atoms with Gasteiger partial charge in [0.25, 0.3) is 0 Å². The number of benzene rings is 7. The molecule has 0 aliphatic heterocycles. The summed E-state index contributed by atoms with van der Waals surface area (Å²) in [6.45, 7) is 84.9. The number of nitrogens with zero attached hydrogens (tertiary/aromatic N) is 10. The molecule has 640 valence electrons. The van der Waals surface area contributed by atoms with Crippen LogP contribution in [-0.4, -0.2) is 49.8 Å². The number of hydrogen-bond acceptors (Lipinski definition) is 10. The van der Waals surface area contributed by atoms with E-state index in [0.29, 0.717) is 0 Å². The van der Waals surface area contributed by atoms with Crippen molar-refractivity contribution in [3.8, 4) is 0 Å². The fourth-order valence-corrected chi connectivity index (χ4v) is 10.1. The number of aryl methyl sites for hydroxylation is 10.